The van der Waals surface area contributed by atoms with E-state index in [0.29, 0.717) is 16.5 Å². The van der Waals surface area contributed by atoms with Gasteiger partial charge in [0, 0.05) is 6.54 Å². The molecule has 0 aliphatic carbocycles. The Hall–Kier alpha value is -2.87. The van der Waals surface area contributed by atoms with Crippen LogP contribution >= 0.6 is 11.6 Å². The number of carbonyl (C=O) groups is 1. The summed E-state index contributed by atoms with van der Waals surface area (Å²) in [5, 5.41) is 3.17. The van der Waals surface area contributed by atoms with Crippen molar-refractivity contribution >= 4 is 33.2 Å². The van der Waals surface area contributed by atoms with Crippen LogP contribution in [0.3, 0.4) is 0 Å². The van der Waals surface area contributed by atoms with Gasteiger partial charge in [-0.3, -0.25) is 4.79 Å². The van der Waals surface area contributed by atoms with Gasteiger partial charge in [-0.25, -0.2) is 8.42 Å². The van der Waals surface area contributed by atoms with E-state index in [9.17, 15) is 13.2 Å². The highest BCUT2D eigenvalue weighted by Gasteiger charge is 2.39. The summed E-state index contributed by atoms with van der Waals surface area (Å²) in [4.78, 5) is 13.3. The Kier molecular flexibility index (Phi) is 6.00. The number of methoxy groups -OCH3 is 1. The Morgan fingerprint density at radius 2 is 1.65 bits per heavy atom. The highest BCUT2D eigenvalue weighted by Crippen LogP contribution is 2.31. The summed E-state index contributed by atoms with van der Waals surface area (Å²) in [7, 11) is -2.43. The largest absolute Gasteiger partial charge is 0.497 e. The molecule has 0 saturated heterocycles. The number of nitrogens with zero attached hydrogens (tertiary/aromatic N) is 1. The van der Waals surface area contributed by atoms with E-state index < -0.39 is 22.0 Å². The Morgan fingerprint density at radius 1 is 1.00 bits per heavy atom. The molecule has 8 heteroatoms. The summed E-state index contributed by atoms with van der Waals surface area (Å²) >= 11 is 6.18. The van der Waals surface area contributed by atoms with Crippen LogP contribution in [0.2, 0.25) is 5.02 Å². The lowest BCUT2D eigenvalue weighted by molar-refractivity contribution is -0.120. The molecule has 1 aliphatic heterocycles. The number of hydrogen-bond acceptors (Lipinski definition) is 4. The third kappa shape index (κ3) is 4.30. The van der Waals surface area contributed by atoms with Crippen molar-refractivity contribution < 1.29 is 17.9 Å². The first kappa shape index (κ1) is 21.4. The molecule has 6 nitrogen and oxygen atoms in total. The lowest BCUT2D eigenvalue weighted by Crippen LogP contribution is -2.50. The zero-order chi connectivity index (χ0) is 22.0. The number of anilines is 1. The Morgan fingerprint density at radius 3 is 2.32 bits per heavy atom. The molecule has 1 amide bonds. The van der Waals surface area contributed by atoms with Crippen LogP contribution in [0.1, 0.15) is 11.1 Å². The van der Waals surface area contributed by atoms with Crippen molar-refractivity contribution in [2.75, 3.05) is 12.4 Å². The zero-order valence-electron chi connectivity index (χ0n) is 16.8. The molecule has 4 rings (SSSR count). The van der Waals surface area contributed by atoms with Gasteiger partial charge in [-0.05, 0) is 53.9 Å². The van der Waals surface area contributed by atoms with Crippen LogP contribution in [0.4, 0.5) is 5.69 Å². The van der Waals surface area contributed by atoms with Crippen LogP contribution in [0, 0.1) is 0 Å². The molecule has 1 N–H and O–H groups in total. The maximum Gasteiger partial charge on any atom is 0.244 e. The second-order valence-electron chi connectivity index (χ2n) is 7.18. The van der Waals surface area contributed by atoms with Crippen LogP contribution in [-0.4, -0.2) is 31.8 Å². The van der Waals surface area contributed by atoms with Gasteiger partial charge in [-0.2, -0.15) is 4.31 Å². The maximum atomic E-state index is 13.5. The van der Waals surface area contributed by atoms with Crippen molar-refractivity contribution in [3.05, 3.63) is 88.9 Å². The van der Waals surface area contributed by atoms with Crippen molar-refractivity contribution in [1.29, 1.82) is 0 Å². The van der Waals surface area contributed by atoms with Crippen molar-refractivity contribution in [3.8, 4) is 5.75 Å². The quantitative estimate of drug-likeness (QED) is 0.627. The third-order valence-corrected chi connectivity index (χ3v) is 7.50. The Balaban J connectivity index is 1.71. The molecule has 0 saturated carbocycles. The predicted molar refractivity (Wildman–Crippen MR) is 120 cm³/mol. The van der Waals surface area contributed by atoms with Gasteiger partial charge >= 0.3 is 0 Å². The number of halogens is 1. The fourth-order valence-corrected chi connectivity index (χ4v) is 5.38. The van der Waals surface area contributed by atoms with E-state index >= 15 is 0 Å². The van der Waals surface area contributed by atoms with Gasteiger partial charge in [-0.1, -0.05) is 48.0 Å². The number of carbonyl (C=O) groups excluding carboxylic acids is 1. The molecular formula is C23H21ClN2O4S. The molecule has 0 radical (unpaired) electrons. The molecule has 1 aliphatic rings. The molecule has 31 heavy (non-hydrogen) atoms. The van der Waals surface area contributed by atoms with Gasteiger partial charge in [0.05, 0.1) is 22.7 Å². The summed E-state index contributed by atoms with van der Waals surface area (Å²) in [6.07, 6.45) is 0.266. The fourth-order valence-electron chi connectivity index (χ4n) is 3.64. The lowest BCUT2D eigenvalue weighted by atomic mass is 9.95. The molecule has 0 bridgehead atoms. The molecular weight excluding hydrogens is 436 g/mol. The number of amides is 1. The summed E-state index contributed by atoms with van der Waals surface area (Å²) in [6, 6.07) is 19.6. The van der Waals surface area contributed by atoms with Gasteiger partial charge in [0.25, 0.3) is 0 Å². The fraction of sp³-hybridized carbons (Fsp3) is 0.174. The van der Waals surface area contributed by atoms with E-state index in [1.165, 1.54) is 23.5 Å². The standard InChI is InChI=1S/C23H21ClN2O4S/c1-30-18-10-12-19(13-11-18)31(28,29)26-15-17-7-3-2-6-16(17)14-22(26)23(27)25-21-9-5-4-8-20(21)24/h2-13,22H,14-15H2,1H3,(H,25,27)/t22-/m1/s1. The molecule has 0 unspecified atom stereocenters. The highest BCUT2D eigenvalue weighted by molar-refractivity contribution is 7.89. The van der Waals surface area contributed by atoms with E-state index in [0.717, 1.165) is 11.1 Å². The number of benzene rings is 3. The van der Waals surface area contributed by atoms with E-state index in [-0.39, 0.29) is 17.9 Å². The van der Waals surface area contributed by atoms with Gasteiger partial charge in [0.15, 0.2) is 0 Å². The first-order chi connectivity index (χ1) is 14.9. The molecule has 3 aromatic carbocycles. The van der Waals surface area contributed by atoms with Crippen molar-refractivity contribution in [2.45, 2.75) is 23.9 Å². The molecule has 0 spiro atoms. The van der Waals surface area contributed by atoms with E-state index in [2.05, 4.69) is 5.32 Å². The first-order valence-corrected chi connectivity index (χ1v) is 11.5. The molecule has 1 heterocycles. The van der Waals surface area contributed by atoms with Crippen molar-refractivity contribution in [1.82, 2.24) is 4.31 Å². The summed E-state index contributed by atoms with van der Waals surface area (Å²) in [6.45, 7) is 0.102. The normalized spacial score (nSPS) is 16.4. The van der Waals surface area contributed by atoms with Crippen molar-refractivity contribution in [3.63, 3.8) is 0 Å². The van der Waals surface area contributed by atoms with Crippen LogP contribution in [-0.2, 0) is 27.8 Å². The third-order valence-electron chi connectivity index (χ3n) is 5.31. The van der Waals surface area contributed by atoms with Crippen molar-refractivity contribution in [2.24, 2.45) is 0 Å². The Labute approximate surface area is 186 Å². The van der Waals surface area contributed by atoms with Gasteiger partial charge in [-0.15, -0.1) is 0 Å². The molecule has 3 aromatic rings. The van der Waals surface area contributed by atoms with Gasteiger partial charge < -0.3 is 10.1 Å². The summed E-state index contributed by atoms with van der Waals surface area (Å²) < 4.78 is 33.4. The van der Waals surface area contributed by atoms with Crippen LogP contribution in [0.5, 0.6) is 5.75 Å². The van der Waals surface area contributed by atoms with Crippen LogP contribution in [0.15, 0.2) is 77.7 Å². The van der Waals surface area contributed by atoms with Gasteiger partial charge in [0.2, 0.25) is 15.9 Å². The average Bonchev–Trinajstić information content (AvgIpc) is 2.79. The molecule has 0 aromatic heterocycles. The predicted octanol–water partition coefficient (Wildman–Crippen LogP) is 4.10. The number of fused-ring (bicyclic) bond motifs is 1. The SMILES string of the molecule is COc1ccc(S(=O)(=O)N2Cc3ccccc3C[C@@H]2C(=O)Nc2ccccc2Cl)cc1. The monoisotopic (exact) mass is 456 g/mol. The summed E-state index contributed by atoms with van der Waals surface area (Å²) in [5.41, 5.74) is 2.26. The molecule has 1 atom stereocenters. The van der Waals surface area contributed by atoms with Gasteiger partial charge in [0.1, 0.15) is 11.8 Å². The number of rotatable bonds is 5. The number of hydrogen-bond donors (Lipinski definition) is 1. The highest BCUT2D eigenvalue weighted by atomic mass is 35.5. The number of para-hydroxylation sites is 1. The minimum Gasteiger partial charge on any atom is -0.497 e. The lowest BCUT2D eigenvalue weighted by Gasteiger charge is -2.35. The van der Waals surface area contributed by atoms with Crippen LogP contribution < -0.4 is 10.1 Å². The molecule has 160 valence electrons. The topological polar surface area (TPSA) is 75.7 Å². The zero-order valence-corrected chi connectivity index (χ0v) is 18.4. The van der Waals surface area contributed by atoms with E-state index in [4.69, 9.17) is 16.3 Å². The first-order valence-electron chi connectivity index (χ1n) is 9.68. The number of nitrogens with one attached hydrogen (secondary N) is 1. The Bertz CT molecular complexity index is 1210. The van der Waals surface area contributed by atoms with E-state index in [1.807, 2.05) is 24.3 Å². The summed E-state index contributed by atoms with van der Waals surface area (Å²) in [5.74, 6) is 0.121. The number of ether oxygens (including phenoxy) is 1. The minimum atomic E-state index is -3.94. The molecule has 0 fully saturated rings. The second-order valence-corrected chi connectivity index (χ2v) is 9.48. The second kappa shape index (κ2) is 8.70. The average molecular weight is 457 g/mol. The minimum absolute atomic E-state index is 0.100. The van der Waals surface area contributed by atoms with Crippen LogP contribution in [0.25, 0.3) is 0 Å². The maximum absolute atomic E-state index is 13.5. The van der Waals surface area contributed by atoms with E-state index in [1.54, 1.807) is 36.4 Å². The smallest absolute Gasteiger partial charge is 0.244 e. The number of sulfonamides is 1.